The Labute approximate surface area is 102 Å². The quantitative estimate of drug-likeness (QED) is 0.873. The second-order valence-corrected chi connectivity index (χ2v) is 4.27. The predicted octanol–water partition coefficient (Wildman–Crippen LogP) is 2.51. The Morgan fingerprint density at radius 2 is 2.12 bits per heavy atom. The molecule has 0 radical (unpaired) electrons. The topological polar surface area (TPSA) is 29.9 Å². The molecule has 0 aliphatic rings. The van der Waals surface area contributed by atoms with E-state index in [0.717, 1.165) is 18.8 Å². The van der Waals surface area contributed by atoms with Crippen molar-refractivity contribution < 1.29 is 0 Å². The summed E-state index contributed by atoms with van der Waals surface area (Å²) in [5.41, 5.74) is 5.04. The van der Waals surface area contributed by atoms with Crippen LogP contribution in [0.15, 0.2) is 30.5 Å². The van der Waals surface area contributed by atoms with Crippen LogP contribution in [0.5, 0.6) is 0 Å². The molecular formula is C14H19N3. The minimum Gasteiger partial charge on any atom is -0.313 e. The first kappa shape index (κ1) is 11.9. The van der Waals surface area contributed by atoms with Crippen molar-refractivity contribution in [1.29, 1.82) is 0 Å². The van der Waals surface area contributed by atoms with Crippen molar-refractivity contribution in [2.24, 2.45) is 7.05 Å². The van der Waals surface area contributed by atoms with Crippen LogP contribution < -0.4 is 5.32 Å². The summed E-state index contributed by atoms with van der Waals surface area (Å²) in [6.45, 7) is 6.21. The summed E-state index contributed by atoms with van der Waals surface area (Å²) in [4.78, 5) is 0. The van der Waals surface area contributed by atoms with Gasteiger partial charge >= 0.3 is 0 Å². The summed E-state index contributed by atoms with van der Waals surface area (Å²) in [5, 5.41) is 7.55. The number of aromatic nitrogens is 2. The average molecular weight is 229 g/mol. The Bertz CT molecular complexity index is 500. The lowest BCUT2D eigenvalue weighted by Crippen LogP contribution is -2.11. The zero-order valence-electron chi connectivity index (χ0n) is 10.7. The minimum absolute atomic E-state index is 0.934. The molecule has 2 aromatic rings. The highest BCUT2D eigenvalue weighted by Gasteiger charge is 2.06. The monoisotopic (exact) mass is 229 g/mol. The minimum atomic E-state index is 0.934. The summed E-state index contributed by atoms with van der Waals surface area (Å²) >= 11 is 0. The molecule has 1 aromatic carbocycles. The maximum Gasteiger partial charge on any atom is 0.0681 e. The van der Waals surface area contributed by atoms with Crippen LogP contribution in [0.2, 0.25) is 0 Å². The lowest BCUT2D eigenvalue weighted by Gasteiger charge is -2.09. The zero-order valence-corrected chi connectivity index (χ0v) is 10.7. The standard InChI is InChI=1S/C14H19N3/c1-4-15-10-12-5-6-13(11(2)9-12)14-7-8-16-17(14)3/h5-9,15H,4,10H2,1-3H3. The van der Waals surface area contributed by atoms with E-state index in [2.05, 4.69) is 42.5 Å². The van der Waals surface area contributed by atoms with Crippen molar-refractivity contribution in [1.82, 2.24) is 15.1 Å². The fourth-order valence-electron chi connectivity index (χ4n) is 2.03. The zero-order chi connectivity index (χ0) is 12.3. The highest BCUT2D eigenvalue weighted by atomic mass is 15.3. The summed E-state index contributed by atoms with van der Waals surface area (Å²) in [7, 11) is 1.97. The molecule has 0 bridgehead atoms. The van der Waals surface area contributed by atoms with Gasteiger partial charge in [0.15, 0.2) is 0 Å². The van der Waals surface area contributed by atoms with Crippen molar-refractivity contribution >= 4 is 0 Å². The van der Waals surface area contributed by atoms with Gasteiger partial charge in [0, 0.05) is 25.4 Å². The maximum absolute atomic E-state index is 4.21. The van der Waals surface area contributed by atoms with E-state index < -0.39 is 0 Å². The van der Waals surface area contributed by atoms with E-state index in [0.29, 0.717) is 0 Å². The van der Waals surface area contributed by atoms with E-state index in [1.807, 2.05) is 24.0 Å². The predicted molar refractivity (Wildman–Crippen MR) is 70.8 cm³/mol. The van der Waals surface area contributed by atoms with Crippen LogP contribution in [0, 0.1) is 6.92 Å². The summed E-state index contributed by atoms with van der Waals surface area (Å²) in [5.74, 6) is 0. The van der Waals surface area contributed by atoms with Gasteiger partial charge in [-0.1, -0.05) is 25.1 Å². The van der Waals surface area contributed by atoms with Gasteiger partial charge in [-0.05, 0) is 30.7 Å². The normalized spacial score (nSPS) is 10.8. The van der Waals surface area contributed by atoms with Gasteiger partial charge in [0.05, 0.1) is 5.69 Å². The highest BCUT2D eigenvalue weighted by molar-refractivity contribution is 5.64. The van der Waals surface area contributed by atoms with E-state index in [-0.39, 0.29) is 0 Å². The van der Waals surface area contributed by atoms with Crippen LogP contribution in [-0.2, 0) is 13.6 Å². The molecule has 0 spiro atoms. The Morgan fingerprint density at radius 1 is 1.29 bits per heavy atom. The van der Waals surface area contributed by atoms with Gasteiger partial charge in [-0.2, -0.15) is 5.10 Å². The van der Waals surface area contributed by atoms with Gasteiger partial charge in [-0.25, -0.2) is 0 Å². The number of rotatable bonds is 4. The number of nitrogens with zero attached hydrogens (tertiary/aromatic N) is 2. The molecule has 1 N–H and O–H groups in total. The molecule has 0 saturated heterocycles. The van der Waals surface area contributed by atoms with Crippen molar-refractivity contribution in [3.05, 3.63) is 41.6 Å². The van der Waals surface area contributed by atoms with Crippen molar-refractivity contribution in [3.63, 3.8) is 0 Å². The molecule has 0 fully saturated rings. The third-order valence-corrected chi connectivity index (χ3v) is 2.97. The van der Waals surface area contributed by atoms with E-state index in [9.17, 15) is 0 Å². The molecule has 1 aromatic heterocycles. The van der Waals surface area contributed by atoms with Crippen LogP contribution in [-0.4, -0.2) is 16.3 Å². The third kappa shape index (κ3) is 2.56. The largest absolute Gasteiger partial charge is 0.313 e. The smallest absolute Gasteiger partial charge is 0.0681 e. The first-order chi connectivity index (χ1) is 8.22. The molecule has 0 aliphatic carbocycles. The van der Waals surface area contributed by atoms with Gasteiger partial charge in [-0.3, -0.25) is 4.68 Å². The molecule has 0 aliphatic heterocycles. The highest BCUT2D eigenvalue weighted by Crippen LogP contribution is 2.23. The fraction of sp³-hybridized carbons (Fsp3) is 0.357. The van der Waals surface area contributed by atoms with Crippen LogP contribution in [0.4, 0.5) is 0 Å². The van der Waals surface area contributed by atoms with Gasteiger partial charge in [0.1, 0.15) is 0 Å². The molecule has 0 atom stereocenters. The van der Waals surface area contributed by atoms with E-state index >= 15 is 0 Å². The molecule has 0 saturated carbocycles. The summed E-state index contributed by atoms with van der Waals surface area (Å²) in [6.07, 6.45) is 1.83. The number of hydrogen-bond donors (Lipinski definition) is 1. The van der Waals surface area contributed by atoms with Gasteiger partial charge in [-0.15, -0.1) is 0 Å². The molecule has 0 unspecified atom stereocenters. The number of benzene rings is 1. The van der Waals surface area contributed by atoms with E-state index in [1.54, 1.807) is 0 Å². The molecular weight excluding hydrogens is 210 g/mol. The Hall–Kier alpha value is -1.61. The van der Waals surface area contributed by atoms with Crippen molar-refractivity contribution in [3.8, 4) is 11.3 Å². The number of aryl methyl sites for hydroxylation is 2. The number of hydrogen-bond acceptors (Lipinski definition) is 2. The van der Waals surface area contributed by atoms with Crippen LogP contribution >= 0.6 is 0 Å². The Kier molecular flexibility index (Phi) is 3.59. The molecule has 3 nitrogen and oxygen atoms in total. The van der Waals surface area contributed by atoms with Crippen molar-refractivity contribution in [2.75, 3.05) is 6.54 Å². The average Bonchev–Trinajstić information content (AvgIpc) is 2.73. The van der Waals surface area contributed by atoms with Crippen LogP contribution in [0.3, 0.4) is 0 Å². The van der Waals surface area contributed by atoms with Crippen LogP contribution in [0.25, 0.3) is 11.3 Å². The second-order valence-electron chi connectivity index (χ2n) is 4.27. The molecule has 1 heterocycles. The Balaban J connectivity index is 2.29. The number of nitrogens with one attached hydrogen (secondary N) is 1. The van der Waals surface area contributed by atoms with Gasteiger partial charge in [0.2, 0.25) is 0 Å². The summed E-state index contributed by atoms with van der Waals surface area (Å²) in [6, 6.07) is 8.65. The second kappa shape index (κ2) is 5.15. The van der Waals surface area contributed by atoms with Gasteiger partial charge < -0.3 is 5.32 Å². The fourth-order valence-corrected chi connectivity index (χ4v) is 2.03. The van der Waals surface area contributed by atoms with E-state index in [4.69, 9.17) is 0 Å². The van der Waals surface area contributed by atoms with Crippen molar-refractivity contribution in [2.45, 2.75) is 20.4 Å². The molecule has 90 valence electrons. The maximum atomic E-state index is 4.21. The van der Waals surface area contributed by atoms with Gasteiger partial charge in [0.25, 0.3) is 0 Å². The third-order valence-electron chi connectivity index (χ3n) is 2.97. The molecule has 2 rings (SSSR count). The SMILES string of the molecule is CCNCc1ccc(-c2ccnn2C)c(C)c1. The lowest BCUT2D eigenvalue weighted by molar-refractivity contribution is 0.726. The first-order valence-corrected chi connectivity index (χ1v) is 6.01. The molecule has 0 amide bonds. The molecule has 17 heavy (non-hydrogen) atoms. The lowest BCUT2D eigenvalue weighted by atomic mass is 10.0. The molecule has 3 heteroatoms. The first-order valence-electron chi connectivity index (χ1n) is 6.01. The summed E-state index contributed by atoms with van der Waals surface area (Å²) < 4.78 is 1.91. The Morgan fingerprint density at radius 3 is 2.71 bits per heavy atom. The van der Waals surface area contributed by atoms with E-state index in [1.165, 1.54) is 16.7 Å². The van der Waals surface area contributed by atoms with Crippen LogP contribution in [0.1, 0.15) is 18.1 Å².